The molecule has 2 aliphatic rings. The van der Waals surface area contributed by atoms with E-state index in [0.717, 1.165) is 12.5 Å². The number of nitrogens with two attached hydrogens (primary N) is 6. The van der Waals surface area contributed by atoms with Gasteiger partial charge in [-0.15, -0.1) is 0 Å². The van der Waals surface area contributed by atoms with E-state index >= 15 is 9.59 Å². The Labute approximate surface area is 714 Å². The third-order valence-corrected chi connectivity index (χ3v) is 19.8. The van der Waals surface area contributed by atoms with Crippen LogP contribution in [0.15, 0.2) is 60.7 Å². The van der Waals surface area contributed by atoms with Gasteiger partial charge in [0.25, 0.3) is 0 Å². The van der Waals surface area contributed by atoms with E-state index in [1.54, 1.807) is 74.5 Å². The number of hydrogen-bond donors (Lipinski definition) is 27. The molecule has 14 atom stereocenters. The van der Waals surface area contributed by atoms with Crippen LogP contribution < -0.4 is 130 Å². The van der Waals surface area contributed by atoms with E-state index in [2.05, 4.69) is 95.7 Å². The fourth-order valence-corrected chi connectivity index (χ4v) is 13.0. The molecule has 33 N–H and O–H groups in total. The van der Waals surface area contributed by atoms with Crippen molar-refractivity contribution >= 4 is 112 Å². The molecule has 0 spiro atoms. The van der Waals surface area contributed by atoms with Gasteiger partial charge in [-0.3, -0.25) is 92.3 Å². The lowest BCUT2D eigenvalue weighted by atomic mass is 10.0. The zero-order valence-corrected chi connectivity index (χ0v) is 70.3. The van der Waals surface area contributed by atoms with Crippen LogP contribution in [0.3, 0.4) is 0 Å². The first-order valence-corrected chi connectivity index (χ1v) is 41.6. The molecule has 2 fully saturated rings. The number of aliphatic hydroxyl groups is 1. The number of benzene rings is 2. The summed E-state index contributed by atoms with van der Waals surface area (Å²) in [7, 11) is 0. The molecule has 0 radical (unpaired) electrons. The third-order valence-electron chi connectivity index (χ3n) is 19.8. The number of guanidine groups is 2. The second-order valence-electron chi connectivity index (χ2n) is 30.8. The second kappa shape index (κ2) is 55.7. The zero-order valence-electron chi connectivity index (χ0n) is 70.3. The fourth-order valence-electron chi connectivity index (χ4n) is 13.0. The van der Waals surface area contributed by atoms with Crippen LogP contribution in [0.4, 0.5) is 0 Å². The zero-order chi connectivity index (χ0) is 91.1. The molecule has 0 bridgehead atoms. The van der Waals surface area contributed by atoms with Gasteiger partial charge in [-0.05, 0) is 160 Å². The summed E-state index contributed by atoms with van der Waals surface area (Å²) in [4.78, 5) is 240. The van der Waals surface area contributed by atoms with Crippen molar-refractivity contribution in [2.24, 2.45) is 40.3 Å². The lowest BCUT2D eigenvalue weighted by molar-refractivity contribution is -0.137. The molecule has 0 aliphatic carbocycles. The molecule has 0 saturated carbocycles. The summed E-state index contributed by atoms with van der Waals surface area (Å²) >= 11 is 0. The second-order valence-corrected chi connectivity index (χ2v) is 30.8. The topological polar surface area (TPSA) is 731 Å². The lowest BCUT2D eigenvalue weighted by Crippen LogP contribution is -2.61. The summed E-state index contributed by atoms with van der Waals surface area (Å²) in [5, 5.41) is 72.8. The minimum Gasteiger partial charge on any atom is -0.391 e. The highest BCUT2D eigenvalue weighted by molar-refractivity contribution is 6.01. The number of hydrogen-bond acceptors (Lipinski definition) is 23. The maximum atomic E-state index is 15.2. The van der Waals surface area contributed by atoms with Crippen molar-refractivity contribution in [2.45, 2.75) is 247 Å². The van der Waals surface area contributed by atoms with Gasteiger partial charge in [0.15, 0.2) is 11.9 Å². The predicted octanol–water partition coefficient (Wildman–Crippen LogP) is -8.05. The Morgan fingerprint density at radius 1 is 0.472 bits per heavy atom. The highest BCUT2D eigenvalue weighted by Gasteiger charge is 2.39. The Balaban J connectivity index is 1.74. The normalized spacial score (nSPS) is 22.1. The SMILES string of the molecule is CC(C)C[C@@H]1NC(=O)[C@H](CCCCN)NC(=O)[C@H](CCCNC(=N)N)NC(=O)[C@@H](NC(=O)[C@@H]2CC(=O)NCCCC[C@H](NC(=O)[C@@H](NC(=O)[C@H](Cc3ccccc3)NC(=O)CNC(=O)CNC(=O)[C@@H](N)Cc3ccccc3)C(C)O)C(=O)N[C@@H](C)C(=O)N[C@@H](CCCNC(=N)N)C(=O)N[C@@H](CCCCN)C(=O)N2)CCCCNC(=O)C[C@@H](C(N)=O)NC1=O. The van der Waals surface area contributed by atoms with E-state index in [1.807, 2.05) is 0 Å². The highest BCUT2D eigenvalue weighted by Crippen LogP contribution is 2.15. The maximum absolute atomic E-state index is 15.2. The third kappa shape index (κ3) is 40.4. The van der Waals surface area contributed by atoms with E-state index in [1.165, 1.54) is 6.92 Å². The van der Waals surface area contributed by atoms with Crippen LogP contribution >= 0.6 is 0 Å². The summed E-state index contributed by atoms with van der Waals surface area (Å²) in [5.74, 6) is -17.0. The Hall–Kier alpha value is -12.2. The standard InChI is InChI=1S/C79H128N26O18/c1-44(2)37-57-74(120)102-56(65(83)111)40-60(107)88-33-18-14-28-53(69(115)99-55(30-20-36-91-79(86)87)71(117)98-51(72(118)103-57)25-11-15-31-80)100-75(121)59-41-61(108)89-34-17-13-27-50(68(114)94-45(3)66(112)96-54(29-19-35-90-78(84)85)70(116)97-52(73(119)104-59)26-12-16-32-81)101-77(123)64(46(4)106)105-76(122)58(39-48-23-9-6-10-24-48)95-63(110)43-92-62(109)42-93-67(113)49(82)38-47-21-7-5-8-22-47/h5-10,21-24,44-46,49-59,64,106H,11-20,25-43,80-82H2,1-4H3,(H2,83,111)(H,88,107)(H,89,108)(H,92,109)(H,93,113)(H,94,114)(H,95,110)(H,96,112)(H,97,116)(H,98,117)(H,99,115)(H,100,121)(H,101,123)(H,102,120)(H,103,118)(H,104,119)(H,105,122)(H4,84,85,90)(H4,86,87,91)/t45-,46?,49-,50-,51-,52-,53-,54-,55-,56-,57-,58-,59-,64-/m0/s1. The average molecular weight is 1730 g/mol. The highest BCUT2D eigenvalue weighted by atomic mass is 16.3. The molecular formula is C79H128N26O18. The first-order chi connectivity index (χ1) is 58.5. The largest absolute Gasteiger partial charge is 0.391 e. The molecule has 0 aromatic heterocycles. The number of carbonyl (C=O) groups is 17. The summed E-state index contributed by atoms with van der Waals surface area (Å²) in [6, 6.07) is -2.68. The molecule has 2 aliphatic heterocycles. The van der Waals surface area contributed by atoms with Crippen molar-refractivity contribution in [1.29, 1.82) is 10.8 Å². The summed E-state index contributed by atoms with van der Waals surface area (Å²) < 4.78 is 0. The van der Waals surface area contributed by atoms with E-state index in [0.29, 0.717) is 18.4 Å². The van der Waals surface area contributed by atoms with Gasteiger partial charge >= 0.3 is 0 Å². The van der Waals surface area contributed by atoms with Crippen LogP contribution in [0.25, 0.3) is 0 Å². The molecule has 2 aromatic carbocycles. The fraction of sp³-hybridized carbons (Fsp3) is 0.608. The first kappa shape index (κ1) is 103. The monoisotopic (exact) mass is 1730 g/mol. The number of amides is 17. The van der Waals surface area contributed by atoms with Crippen LogP contribution in [-0.2, 0) is 94.3 Å². The number of rotatable bonds is 36. The van der Waals surface area contributed by atoms with Gasteiger partial charge in [0.2, 0.25) is 100 Å². The Morgan fingerprint density at radius 2 is 0.902 bits per heavy atom. The minimum absolute atomic E-state index is 0.00415. The van der Waals surface area contributed by atoms with Crippen molar-refractivity contribution in [1.82, 2.24) is 95.7 Å². The number of nitrogens with one attached hydrogen (secondary N) is 20. The van der Waals surface area contributed by atoms with E-state index in [4.69, 9.17) is 45.2 Å². The Morgan fingerprint density at radius 3 is 1.39 bits per heavy atom. The van der Waals surface area contributed by atoms with Crippen molar-refractivity contribution in [3.05, 3.63) is 71.8 Å². The quantitative estimate of drug-likeness (QED) is 0.0171. The Bertz CT molecular complexity index is 3880. The molecule has 44 nitrogen and oxygen atoms in total. The maximum Gasteiger partial charge on any atom is 0.245 e. The van der Waals surface area contributed by atoms with E-state index < -0.39 is 223 Å². The molecule has 17 amide bonds. The lowest BCUT2D eigenvalue weighted by Gasteiger charge is -2.29. The average Bonchev–Trinajstić information content (AvgIpc) is 0.857. The van der Waals surface area contributed by atoms with Gasteiger partial charge in [-0.25, -0.2) is 0 Å². The Kier molecular flexibility index (Phi) is 46.7. The van der Waals surface area contributed by atoms with E-state index in [-0.39, 0.29) is 154 Å². The number of unbranched alkanes of at least 4 members (excludes halogenated alkanes) is 2. The van der Waals surface area contributed by atoms with Crippen LogP contribution in [0, 0.1) is 16.7 Å². The molecule has 2 heterocycles. The van der Waals surface area contributed by atoms with Crippen molar-refractivity contribution in [2.75, 3.05) is 52.4 Å². The van der Waals surface area contributed by atoms with Gasteiger partial charge < -0.3 is 135 Å². The van der Waals surface area contributed by atoms with Crippen molar-refractivity contribution in [3.8, 4) is 0 Å². The smallest absolute Gasteiger partial charge is 0.245 e. The van der Waals surface area contributed by atoms with Crippen LogP contribution in [0.1, 0.15) is 161 Å². The van der Waals surface area contributed by atoms with Gasteiger partial charge in [-0.2, -0.15) is 0 Å². The number of primary amides is 1. The molecule has 44 heteroatoms. The van der Waals surface area contributed by atoms with Gasteiger partial charge in [0.05, 0.1) is 38.1 Å². The van der Waals surface area contributed by atoms with E-state index in [9.17, 15) is 77.0 Å². The van der Waals surface area contributed by atoms with Gasteiger partial charge in [0, 0.05) is 32.6 Å². The number of aliphatic hydroxyl groups excluding tert-OH is 1. The van der Waals surface area contributed by atoms with Crippen molar-refractivity contribution < 1.29 is 86.6 Å². The molecular weight excluding hydrogens is 1600 g/mol. The molecule has 4 rings (SSSR count). The minimum atomic E-state index is -1.91. The van der Waals surface area contributed by atoms with Crippen LogP contribution in [-0.4, -0.2) is 254 Å². The summed E-state index contributed by atoms with van der Waals surface area (Å²) in [6.45, 7) is 4.66. The van der Waals surface area contributed by atoms with Crippen LogP contribution in [0.2, 0.25) is 0 Å². The first-order valence-electron chi connectivity index (χ1n) is 41.6. The molecule has 2 saturated heterocycles. The molecule has 2 aromatic rings. The van der Waals surface area contributed by atoms with Crippen molar-refractivity contribution in [3.63, 3.8) is 0 Å². The predicted molar refractivity (Wildman–Crippen MR) is 451 cm³/mol. The molecule has 682 valence electrons. The molecule has 123 heavy (non-hydrogen) atoms. The van der Waals surface area contributed by atoms with Gasteiger partial charge in [0.1, 0.15) is 72.5 Å². The summed E-state index contributed by atoms with van der Waals surface area (Å²) in [5.41, 5.74) is 35.8. The number of carbonyl (C=O) groups excluding carboxylic acids is 17. The van der Waals surface area contributed by atoms with Crippen LogP contribution in [0.5, 0.6) is 0 Å². The molecule has 1 unspecified atom stereocenters. The summed E-state index contributed by atoms with van der Waals surface area (Å²) in [6.07, 6.45) is -3.08. The van der Waals surface area contributed by atoms with Gasteiger partial charge in [-0.1, -0.05) is 74.5 Å².